The van der Waals surface area contributed by atoms with E-state index in [4.69, 9.17) is 0 Å². The van der Waals surface area contributed by atoms with Crippen LogP contribution in [0, 0.1) is 5.82 Å². The second-order valence-electron chi connectivity index (χ2n) is 5.51. The van der Waals surface area contributed by atoms with Gasteiger partial charge in [-0.05, 0) is 32.0 Å². The molecule has 0 saturated heterocycles. The second-order valence-corrected chi connectivity index (χ2v) is 7.42. The topological polar surface area (TPSA) is 57.7 Å². The largest absolute Gasteiger partial charge is 0.335 e. The van der Waals surface area contributed by atoms with Crippen molar-refractivity contribution in [2.24, 2.45) is 0 Å². The summed E-state index contributed by atoms with van der Waals surface area (Å²) in [5.41, 5.74) is 0.952. The van der Waals surface area contributed by atoms with Crippen LogP contribution in [0.25, 0.3) is 0 Å². The number of halogens is 1. The third-order valence-corrected chi connectivity index (χ3v) is 5.70. The first-order valence-corrected chi connectivity index (χ1v) is 9.36. The highest BCUT2D eigenvalue weighted by molar-refractivity contribution is 7.89. The quantitative estimate of drug-likeness (QED) is 0.673. The maximum Gasteiger partial charge on any atom is 0.254 e. The lowest BCUT2D eigenvalue weighted by molar-refractivity contribution is 0.0778. The molecule has 1 aromatic carbocycles. The van der Waals surface area contributed by atoms with Crippen molar-refractivity contribution >= 4 is 15.9 Å². The summed E-state index contributed by atoms with van der Waals surface area (Å²) in [6.07, 6.45) is 0. The van der Waals surface area contributed by atoms with Gasteiger partial charge in [-0.3, -0.25) is 4.79 Å². The number of likely N-dealkylation sites (N-methyl/N-ethyl adjacent to an activating group) is 1. The van der Waals surface area contributed by atoms with Crippen molar-refractivity contribution < 1.29 is 17.6 Å². The minimum absolute atomic E-state index is 0.144. The normalized spacial score (nSPS) is 11.6. The number of sulfonamides is 1. The fraction of sp³-hybridized carbons (Fsp3) is 0.471. The molecular weight excluding hydrogens is 331 g/mol. The molecular formula is C17H25FN2O3S. The van der Waals surface area contributed by atoms with E-state index in [2.05, 4.69) is 6.58 Å². The molecule has 0 bridgehead atoms. The van der Waals surface area contributed by atoms with E-state index in [9.17, 15) is 17.6 Å². The lowest BCUT2D eigenvalue weighted by Gasteiger charge is -2.22. The van der Waals surface area contributed by atoms with Crippen molar-refractivity contribution in [1.29, 1.82) is 0 Å². The van der Waals surface area contributed by atoms with E-state index >= 15 is 0 Å². The van der Waals surface area contributed by atoms with Crippen LogP contribution in [-0.4, -0.2) is 49.7 Å². The smallest absolute Gasteiger partial charge is 0.254 e. The van der Waals surface area contributed by atoms with Crippen molar-refractivity contribution in [3.05, 3.63) is 41.7 Å². The van der Waals surface area contributed by atoms with E-state index < -0.39 is 20.7 Å². The number of hydrogen-bond donors (Lipinski definition) is 0. The van der Waals surface area contributed by atoms with Gasteiger partial charge in [0.1, 0.15) is 10.7 Å². The Kier molecular flexibility index (Phi) is 7.10. The summed E-state index contributed by atoms with van der Waals surface area (Å²) in [6, 6.07) is 3.45. The van der Waals surface area contributed by atoms with Crippen LogP contribution in [0.15, 0.2) is 35.2 Å². The Bertz CT molecular complexity index is 713. The number of benzene rings is 1. The van der Waals surface area contributed by atoms with Gasteiger partial charge in [-0.15, -0.1) is 0 Å². The molecule has 0 aliphatic carbocycles. The molecule has 1 aromatic rings. The lowest BCUT2D eigenvalue weighted by Crippen LogP contribution is -2.33. The van der Waals surface area contributed by atoms with Gasteiger partial charge < -0.3 is 4.90 Å². The first-order chi connectivity index (χ1) is 11.2. The molecule has 0 heterocycles. The fourth-order valence-electron chi connectivity index (χ4n) is 2.37. The van der Waals surface area contributed by atoms with Crippen molar-refractivity contribution in [2.75, 3.05) is 26.2 Å². The van der Waals surface area contributed by atoms with Crippen molar-refractivity contribution in [3.8, 4) is 0 Å². The average Bonchev–Trinajstić information content (AvgIpc) is 2.52. The van der Waals surface area contributed by atoms with Crippen LogP contribution in [0.4, 0.5) is 4.39 Å². The summed E-state index contributed by atoms with van der Waals surface area (Å²) >= 11 is 0. The molecule has 0 aliphatic rings. The Morgan fingerprint density at radius 1 is 1.17 bits per heavy atom. The molecule has 0 spiro atoms. The van der Waals surface area contributed by atoms with Crippen molar-refractivity contribution in [1.82, 2.24) is 9.21 Å². The standard InChI is InChI=1S/C17H25FN2O3S/c1-6-19(12-13(4)5)17(21)14-9-10-15(18)16(11-14)24(22,23)20(7-2)8-3/h9-11H,4,6-8,12H2,1-3,5H3. The Hall–Kier alpha value is -1.73. The van der Waals surface area contributed by atoms with Gasteiger partial charge in [0, 0.05) is 31.7 Å². The first kappa shape index (κ1) is 20.3. The summed E-state index contributed by atoms with van der Waals surface area (Å²) in [7, 11) is -3.97. The van der Waals surface area contributed by atoms with Crippen LogP contribution in [0.2, 0.25) is 0 Å². The Balaban J connectivity index is 3.32. The molecule has 0 aromatic heterocycles. The van der Waals surface area contributed by atoms with Crippen molar-refractivity contribution in [2.45, 2.75) is 32.6 Å². The summed E-state index contributed by atoms with van der Waals surface area (Å²) in [6.45, 7) is 12.0. The minimum atomic E-state index is -3.97. The highest BCUT2D eigenvalue weighted by atomic mass is 32.2. The van der Waals surface area contributed by atoms with Crippen molar-refractivity contribution in [3.63, 3.8) is 0 Å². The minimum Gasteiger partial charge on any atom is -0.335 e. The van der Waals surface area contributed by atoms with Gasteiger partial charge in [0.05, 0.1) is 0 Å². The fourth-order valence-corrected chi connectivity index (χ4v) is 3.92. The maximum atomic E-state index is 14.1. The van der Waals surface area contributed by atoms with Gasteiger partial charge >= 0.3 is 0 Å². The van der Waals surface area contributed by atoms with Crippen LogP contribution >= 0.6 is 0 Å². The molecule has 5 nitrogen and oxygen atoms in total. The zero-order valence-electron chi connectivity index (χ0n) is 14.7. The molecule has 0 saturated carbocycles. The Morgan fingerprint density at radius 3 is 2.21 bits per heavy atom. The van der Waals surface area contributed by atoms with Gasteiger partial charge in [0.25, 0.3) is 5.91 Å². The molecule has 0 aliphatic heterocycles. The number of carbonyl (C=O) groups is 1. The van der Waals surface area contributed by atoms with Gasteiger partial charge in [-0.1, -0.05) is 26.0 Å². The SMILES string of the molecule is C=C(C)CN(CC)C(=O)c1ccc(F)c(S(=O)(=O)N(CC)CC)c1. The van der Waals surface area contributed by atoms with Crippen LogP contribution in [0.1, 0.15) is 38.1 Å². The van der Waals surface area contributed by atoms with Gasteiger partial charge in [0.15, 0.2) is 0 Å². The molecule has 134 valence electrons. The third-order valence-electron chi connectivity index (χ3n) is 3.63. The highest BCUT2D eigenvalue weighted by Gasteiger charge is 2.27. The average molecular weight is 356 g/mol. The molecule has 1 rings (SSSR count). The summed E-state index contributed by atoms with van der Waals surface area (Å²) in [5.74, 6) is -1.21. The number of nitrogens with zero attached hydrogens (tertiary/aromatic N) is 2. The highest BCUT2D eigenvalue weighted by Crippen LogP contribution is 2.21. The van der Waals surface area contributed by atoms with E-state index in [1.165, 1.54) is 11.0 Å². The summed E-state index contributed by atoms with van der Waals surface area (Å²) < 4.78 is 40.4. The zero-order chi connectivity index (χ0) is 18.5. The van der Waals surface area contributed by atoms with Crippen LogP contribution in [-0.2, 0) is 10.0 Å². The lowest BCUT2D eigenvalue weighted by atomic mass is 10.2. The summed E-state index contributed by atoms with van der Waals surface area (Å²) in [4.78, 5) is 13.6. The number of hydrogen-bond acceptors (Lipinski definition) is 3. The molecule has 0 unspecified atom stereocenters. The third kappa shape index (κ3) is 4.42. The number of carbonyl (C=O) groups excluding carboxylic acids is 1. The van der Waals surface area contributed by atoms with E-state index in [0.29, 0.717) is 13.1 Å². The predicted molar refractivity (Wildman–Crippen MR) is 92.9 cm³/mol. The maximum absolute atomic E-state index is 14.1. The van der Waals surface area contributed by atoms with Gasteiger partial charge in [0.2, 0.25) is 10.0 Å². The molecule has 7 heteroatoms. The van der Waals surface area contributed by atoms with E-state index in [-0.39, 0.29) is 24.6 Å². The molecule has 0 atom stereocenters. The second kappa shape index (κ2) is 8.39. The molecule has 0 N–H and O–H groups in total. The van der Waals surface area contributed by atoms with Gasteiger partial charge in [-0.25, -0.2) is 12.8 Å². The van der Waals surface area contributed by atoms with Crippen LogP contribution in [0.5, 0.6) is 0 Å². The first-order valence-electron chi connectivity index (χ1n) is 7.92. The zero-order valence-corrected chi connectivity index (χ0v) is 15.5. The van der Waals surface area contributed by atoms with E-state index in [1.807, 2.05) is 6.92 Å². The molecule has 1 amide bonds. The van der Waals surface area contributed by atoms with Crippen LogP contribution in [0.3, 0.4) is 0 Å². The predicted octanol–water partition coefficient (Wildman–Crippen LogP) is 2.89. The summed E-state index contributed by atoms with van der Waals surface area (Å²) in [5, 5.41) is 0. The van der Waals surface area contributed by atoms with Crippen LogP contribution < -0.4 is 0 Å². The number of rotatable bonds is 8. The van der Waals surface area contributed by atoms with Gasteiger partial charge in [-0.2, -0.15) is 4.31 Å². The Morgan fingerprint density at radius 2 is 1.75 bits per heavy atom. The monoisotopic (exact) mass is 356 g/mol. The number of amides is 1. The molecule has 24 heavy (non-hydrogen) atoms. The van der Waals surface area contributed by atoms with E-state index in [1.54, 1.807) is 20.8 Å². The van der Waals surface area contributed by atoms with E-state index in [0.717, 1.165) is 22.0 Å². The molecule has 0 radical (unpaired) electrons. The Labute approximate surface area is 143 Å². The molecule has 0 fully saturated rings.